The van der Waals surface area contributed by atoms with Crippen molar-refractivity contribution in [2.75, 3.05) is 7.05 Å². The summed E-state index contributed by atoms with van der Waals surface area (Å²) in [4.78, 5) is 3.92. The smallest absolute Gasteiger partial charge is 0.0412 e. The molecule has 1 nitrogen and oxygen atoms in total. The lowest BCUT2D eigenvalue weighted by atomic mass is 10.1. The average Bonchev–Trinajstić information content (AvgIpc) is 2.05. The van der Waals surface area contributed by atoms with Gasteiger partial charge in [0, 0.05) is 23.8 Å². The number of hydrogen-bond acceptors (Lipinski definition) is 1. The Morgan fingerprint density at radius 1 is 1.42 bits per heavy atom. The number of hydrogen-bond donors (Lipinski definition) is 0. The van der Waals surface area contributed by atoms with Crippen molar-refractivity contribution in [1.29, 1.82) is 0 Å². The van der Waals surface area contributed by atoms with E-state index in [1.807, 2.05) is 18.2 Å². The Labute approximate surface area is 77.4 Å². The van der Waals surface area contributed by atoms with Gasteiger partial charge >= 0.3 is 0 Å². The van der Waals surface area contributed by atoms with Gasteiger partial charge in [0.05, 0.1) is 0 Å². The van der Waals surface area contributed by atoms with Gasteiger partial charge in [0.25, 0.3) is 0 Å². The van der Waals surface area contributed by atoms with E-state index >= 15 is 0 Å². The molecule has 0 atom stereocenters. The van der Waals surface area contributed by atoms with Crippen LogP contribution in [0.2, 0.25) is 5.02 Å². The molecule has 0 unspecified atom stereocenters. The molecule has 1 rings (SSSR count). The Morgan fingerprint density at radius 2 is 2.17 bits per heavy atom. The maximum absolute atomic E-state index is 5.81. The van der Waals surface area contributed by atoms with Crippen LogP contribution in [-0.2, 0) is 0 Å². The van der Waals surface area contributed by atoms with Gasteiger partial charge in [-0.3, -0.25) is 4.99 Å². The van der Waals surface area contributed by atoms with Crippen molar-refractivity contribution in [3.63, 3.8) is 0 Å². The molecule has 0 aliphatic rings. The van der Waals surface area contributed by atoms with E-state index in [1.54, 1.807) is 19.3 Å². The molecule has 2 heteroatoms. The third-order valence-electron chi connectivity index (χ3n) is 1.54. The molecule has 0 aliphatic heterocycles. The van der Waals surface area contributed by atoms with E-state index in [9.17, 15) is 0 Å². The van der Waals surface area contributed by atoms with E-state index in [0.717, 1.165) is 16.1 Å². The summed E-state index contributed by atoms with van der Waals surface area (Å²) >= 11 is 5.81. The summed E-state index contributed by atoms with van der Waals surface area (Å²) in [5, 5.41) is 0.718. The summed E-state index contributed by atoms with van der Waals surface area (Å²) in [6.45, 7) is 3.70. The lowest BCUT2D eigenvalue weighted by molar-refractivity contribution is 1.46. The molecule has 0 heterocycles. The van der Waals surface area contributed by atoms with Crippen molar-refractivity contribution in [2.24, 2.45) is 4.99 Å². The Bertz CT molecular complexity index is 316. The Kier molecular flexibility index (Phi) is 3.06. The summed E-state index contributed by atoms with van der Waals surface area (Å²) in [6.07, 6.45) is 3.55. The van der Waals surface area contributed by atoms with E-state index in [0.29, 0.717) is 0 Å². The minimum Gasteiger partial charge on any atom is -0.296 e. The molecule has 1 aromatic carbocycles. The first-order valence-corrected chi connectivity index (χ1v) is 4.00. The largest absolute Gasteiger partial charge is 0.296 e. The third kappa shape index (κ3) is 1.95. The standard InChI is InChI=1S/C10H10ClN/c1-3-8-4-5-10(11)6-9(8)7-12-2/h3-7H,1H2,2H3. The minimum absolute atomic E-state index is 0.718. The van der Waals surface area contributed by atoms with E-state index < -0.39 is 0 Å². The fraction of sp³-hybridized carbons (Fsp3) is 0.100. The van der Waals surface area contributed by atoms with Crippen LogP contribution in [-0.4, -0.2) is 13.3 Å². The van der Waals surface area contributed by atoms with Crippen LogP contribution in [0.4, 0.5) is 0 Å². The predicted octanol–water partition coefficient (Wildman–Crippen LogP) is 3.03. The van der Waals surface area contributed by atoms with E-state index in [1.165, 1.54) is 0 Å². The Balaban J connectivity index is 3.20. The molecular weight excluding hydrogens is 170 g/mol. The number of nitrogens with zero attached hydrogens (tertiary/aromatic N) is 1. The zero-order valence-electron chi connectivity index (χ0n) is 6.92. The van der Waals surface area contributed by atoms with Crippen LogP contribution < -0.4 is 0 Å². The lowest BCUT2D eigenvalue weighted by Gasteiger charge is -1.99. The summed E-state index contributed by atoms with van der Waals surface area (Å²) in [6, 6.07) is 5.63. The Morgan fingerprint density at radius 3 is 2.75 bits per heavy atom. The molecule has 0 amide bonds. The minimum atomic E-state index is 0.718. The molecule has 0 bridgehead atoms. The maximum Gasteiger partial charge on any atom is 0.0412 e. The van der Waals surface area contributed by atoms with Crippen LogP contribution in [0.1, 0.15) is 11.1 Å². The molecule has 62 valence electrons. The quantitative estimate of drug-likeness (QED) is 0.619. The topological polar surface area (TPSA) is 12.4 Å². The molecular formula is C10H10ClN. The molecule has 0 saturated heterocycles. The number of benzene rings is 1. The van der Waals surface area contributed by atoms with E-state index in [-0.39, 0.29) is 0 Å². The Hall–Kier alpha value is -1.08. The maximum atomic E-state index is 5.81. The summed E-state index contributed by atoms with van der Waals surface area (Å²) in [7, 11) is 1.73. The zero-order valence-corrected chi connectivity index (χ0v) is 7.67. The van der Waals surface area contributed by atoms with Crippen molar-refractivity contribution < 1.29 is 0 Å². The first-order valence-electron chi connectivity index (χ1n) is 3.62. The van der Waals surface area contributed by atoms with Gasteiger partial charge in [-0.2, -0.15) is 0 Å². The highest BCUT2D eigenvalue weighted by Gasteiger charge is 1.96. The van der Waals surface area contributed by atoms with Gasteiger partial charge in [-0.25, -0.2) is 0 Å². The van der Waals surface area contributed by atoms with Gasteiger partial charge in [0.2, 0.25) is 0 Å². The van der Waals surface area contributed by atoms with Crippen molar-refractivity contribution in [3.05, 3.63) is 40.9 Å². The molecule has 0 fully saturated rings. The lowest BCUT2D eigenvalue weighted by Crippen LogP contribution is -1.85. The first kappa shape index (κ1) is 9.01. The molecule has 0 spiro atoms. The van der Waals surface area contributed by atoms with Crippen molar-refractivity contribution >= 4 is 23.9 Å². The van der Waals surface area contributed by atoms with Gasteiger partial charge < -0.3 is 0 Å². The fourth-order valence-electron chi connectivity index (χ4n) is 0.982. The third-order valence-corrected chi connectivity index (χ3v) is 1.77. The van der Waals surface area contributed by atoms with Crippen LogP contribution in [0.15, 0.2) is 29.8 Å². The van der Waals surface area contributed by atoms with Crippen LogP contribution in [0.3, 0.4) is 0 Å². The highest BCUT2D eigenvalue weighted by molar-refractivity contribution is 6.30. The molecule has 0 aromatic heterocycles. The second kappa shape index (κ2) is 4.07. The fourth-order valence-corrected chi connectivity index (χ4v) is 1.16. The van der Waals surface area contributed by atoms with E-state index in [4.69, 9.17) is 11.6 Å². The molecule has 0 aliphatic carbocycles. The summed E-state index contributed by atoms with van der Waals surface area (Å²) in [5.74, 6) is 0. The van der Waals surface area contributed by atoms with Crippen molar-refractivity contribution in [3.8, 4) is 0 Å². The van der Waals surface area contributed by atoms with Crippen LogP contribution in [0.25, 0.3) is 6.08 Å². The van der Waals surface area contributed by atoms with Crippen molar-refractivity contribution in [1.82, 2.24) is 0 Å². The van der Waals surface area contributed by atoms with Gasteiger partial charge in [0.1, 0.15) is 0 Å². The van der Waals surface area contributed by atoms with E-state index in [2.05, 4.69) is 11.6 Å². The van der Waals surface area contributed by atoms with Crippen molar-refractivity contribution in [2.45, 2.75) is 0 Å². The van der Waals surface area contributed by atoms with Gasteiger partial charge in [-0.15, -0.1) is 0 Å². The second-order valence-electron chi connectivity index (χ2n) is 2.36. The number of rotatable bonds is 2. The zero-order chi connectivity index (χ0) is 8.97. The monoisotopic (exact) mass is 179 g/mol. The van der Waals surface area contributed by atoms with Crippen LogP contribution in [0, 0.1) is 0 Å². The van der Waals surface area contributed by atoms with Gasteiger partial charge in [-0.1, -0.05) is 30.3 Å². The molecule has 1 aromatic rings. The second-order valence-corrected chi connectivity index (χ2v) is 2.80. The predicted molar refractivity (Wildman–Crippen MR) is 55.1 cm³/mol. The van der Waals surface area contributed by atoms with Crippen LogP contribution in [0.5, 0.6) is 0 Å². The summed E-state index contributed by atoms with van der Waals surface area (Å²) in [5.41, 5.74) is 2.05. The van der Waals surface area contributed by atoms with Gasteiger partial charge in [0.15, 0.2) is 0 Å². The molecule has 0 N–H and O–H groups in total. The first-order chi connectivity index (χ1) is 5.77. The summed E-state index contributed by atoms with van der Waals surface area (Å²) < 4.78 is 0. The van der Waals surface area contributed by atoms with Gasteiger partial charge in [-0.05, 0) is 17.7 Å². The number of halogens is 1. The molecule has 0 saturated carbocycles. The normalized spacial score (nSPS) is 10.5. The SMILES string of the molecule is C=Cc1ccc(Cl)cc1C=NC. The molecule has 12 heavy (non-hydrogen) atoms. The highest BCUT2D eigenvalue weighted by Crippen LogP contribution is 2.15. The highest BCUT2D eigenvalue weighted by atomic mass is 35.5. The number of aliphatic imine (C=N–C) groups is 1. The van der Waals surface area contributed by atoms with Crippen LogP contribution >= 0.6 is 11.6 Å². The average molecular weight is 180 g/mol. The molecule has 0 radical (unpaired) electrons.